The minimum atomic E-state index is 0.959. The van der Waals surface area contributed by atoms with Crippen LogP contribution >= 0.6 is 22.6 Å². The molecule has 0 amide bonds. The standard InChI is InChI=1S/C10H22IN/c1-3-10(7-9-12-2)6-4-5-8-11/h10,12H,3-9H2,1-2H3. The summed E-state index contributed by atoms with van der Waals surface area (Å²) in [7, 11) is 2.04. The van der Waals surface area contributed by atoms with Gasteiger partial charge in [-0.2, -0.15) is 0 Å². The molecule has 1 N–H and O–H groups in total. The van der Waals surface area contributed by atoms with Crippen molar-refractivity contribution in [2.45, 2.75) is 39.0 Å². The van der Waals surface area contributed by atoms with Crippen molar-refractivity contribution in [2.24, 2.45) is 5.92 Å². The molecule has 0 aliphatic rings. The molecule has 0 saturated carbocycles. The van der Waals surface area contributed by atoms with E-state index in [9.17, 15) is 0 Å². The molecule has 0 rings (SSSR count). The second kappa shape index (κ2) is 9.78. The number of alkyl halides is 1. The third-order valence-electron chi connectivity index (χ3n) is 2.38. The van der Waals surface area contributed by atoms with Gasteiger partial charge in [-0.1, -0.05) is 48.8 Å². The molecule has 0 heterocycles. The van der Waals surface area contributed by atoms with Crippen molar-refractivity contribution >= 4 is 22.6 Å². The number of hydrogen-bond acceptors (Lipinski definition) is 1. The Morgan fingerprint density at radius 1 is 1.25 bits per heavy atom. The zero-order valence-electron chi connectivity index (χ0n) is 8.41. The van der Waals surface area contributed by atoms with Crippen LogP contribution in [-0.4, -0.2) is 18.0 Å². The number of unbranched alkanes of at least 4 members (excludes halogenated alkanes) is 1. The maximum atomic E-state index is 3.22. The molecule has 0 saturated heterocycles. The van der Waals surface area contributed by atoms with Gasteiger partial charge in [-0.15, -0.1) is 0 Å². The predicted molar refractivity (Wildman–Crippen MR) is 65.1 cm³/mol. The predicted octanol–water partition coefficient (Wildman–Crippen LogP) is 3.23. The molecule has 1 nitrogen and oxygen atoms in total. The van der Waals surface area contributed by atoms with Gasteiger partial charge in [-0.05, 0) is 36.8 Å². The summed E-state index contributed by atoms with van der Waals surface area (Å²) in [6.45, 7) is 3.49. The number of hydrogen-bond donors (Lipinski definition) is 1. The molecule has 0 aliphatic carbocycles. The van der Waals surface area contributed by atoms with Crippen LogP contribution in [0.5, 0.6) is 0 Å². The first-order valence-corrected chi connectivity index (χ1v) is 6.58. The van der Waals surface area contributed by atoms with E-state index in [1.165, 1.54) is 43.1 Å². The van der Waals surface area contributed by atoms with Crippen LogP contribution in [0, 0.1) is 5.92 Å². The van der Waals surface area contributed by atoms with Crippen molar-refractivity contribution in [3.63, 3.8) is 0 Å². The lowest BCUT2D eigenvalue weighted by molar-refractivity contribution is 0.417. The highest BCUT2D eigenvalue weighted by Gasteiger charge is 2.04. The van der Waals surface area contributed by atoms with Gasteiger partial charge in [-0.25, -0.2) is 0 Å². The van der Waals surface area contributed by atoms with Crippen LogP contribution in [0.1, 0.15) is 39.0 Å². The molecule has 74 valence electrons. The molecular weight excluding hydrogens is 261 g/mol. The highest BCUT2D eigenvalue weighted by Crippen LogP contribution is 2.16. The lowest BCUT2D eigenvalue weighted by Crippen LogP contribution is -2.12. The maximum Gasteiger partial charge on any atom is -0.000473 e. The molecule has 2 heteroatoms. The van der Waals surface area contributed by atoms with Gasteiger partial charge >= 0.3 is 0 Å². The van der Waals surface area contributed by atoms with Crippen molar-refractivity contribution in [3.8, 4) is 0 Å². The lowest BCUT2D eigenvalue weighted by atomic mass is 9.96. The van der Waals surface area contributed by atoms with Gasteiger partial charge in [0.2, 0.25) is 0 Å². The Bertz CT molecular complexity index is 85.9. The van der Waals surface area contributed by atoms with Gasteiger partial charge in [0, 0.05) is 0 Å². The Kier molecular flexibility index (Phi) is 10.3. The molecule has 0 radical (unpaired) electrons. The summed E-state index contributed by atoms with van der Waals surface area (Å²) in [5.74, 6) is 0.959. The average Bonchev–Trinajstić information content (AvgIpc) is 2.11. The van der Waals surface area contributed by atoms with Crippen LogP contribution in [0.4, 0.5) is 0 Å². The smallest absolute Gasteiger partial charge is 0.000473 e. The first kappa shape index (κ1) is 12.7. The minimum absolute atomic E-state index is 0.959. The molecule has 12 heavy (non-hydrogen) atoms. The van der Waals surface area contributed by atoms with E-state index in [1.807, 2.05) is 7.05 Å². The Morgan fingerprint density at radius 2 is 2.00 bits per heavy atom. The molecule has 0 spiro atoms. The van der Waals surface area contributed by atoms with E-state index >= 15 is 0 Å². The zero-order chi connectivity index (χ0) is 9.23. The Labute approximate surface area is 90.8 Å². The first-order chi connectivity index (χ1) is 5.85. The van der Waals surface area contributed by atoms with Crippen molar-refractivity contribution in [1.29, 1.82) is 0 Å². The third-order valence-corrected chi connectivity index (χ3v) is 3.14. The van der Waals surface area contributed by atoms with Crippen molar-refractivity contribution < 1.29 is 0 Å². The zero-order valence-corrected chi connectivity index (χ0v) is 10.6. The second-order valence-electron chi connectivity index (χ2n) is 3.35. The Hall–Kier alpha value is 0.690. The highest BCUT2D eigenvalue weighted by molar-refractivity contribution is 14.1. The molecule has 0 bridgehead atoms. The van der Waals surface area contributed by atoms with E-state index in [-0.39, 0.29) is 0 Å². The fourth-order valence-corrected chi connectivity index (χ4v) is 1.97. The fraction of sp³-hybridized carbons (Fsp3) is 1.00. The summed E-state index contributed by atoms with van der Waals surface area (Å²) in [4.78, 5) is 0. The van der Waals surface area contributed by atoms with Gasteiger partial charge in [0.25, 0.3) is 0 Å². The van der Waals surface area contributed by atoms with Crippen LogP contribution in [0.3, 0.4) is 0 Å². The monoisotopic (exact) mass is 283 g/mol. The molecule has 0 aliphatic heterocycles. The van der Waals surface area contributed by atoms with Gasteiger partial charge in [-0.3, -0.25) is 0 Å². The van der Waals surface area contributed by atoms with Gasteiger partial charge in [0.1, 0.15) is 0 Å². The van der Waals surface area contributed by atoms with E-state index in [1.54, 1.807) is 0 Å². The first-order valence-electron chi connectivity index (χ1n) is 5.05. The van der Waals surface area contributed by atoms with Crippen LogP contribution < -0.4 is 5.32 Å². The highest BCUT2D eigenvalue weighted by atomic mass is 127. The van der Waals surface area contributed by atoms with E-state index in [0.29, 0.717) is 0 Å². The summed E-state index contributed by atoms with van der Waals surface area (Å²) in [5, 5.41) is 3.22. The minimum Gasteiger partial charge on any atom is -0.320 e. The molecule has 1 atom stereocenters. The quantitative estimate of drug-likeness (QED) is 0.410. The average molecular weight is 283 g/mol. The van der Waals surface area contributed by atoms with Crippen LogP contribution in [-0.2, 0) is 0 Å². The summed E-state index contributed by atoms with van der Waals surface area (Å²) in [6, 6.07) is 0. The summed E-state index contributed by atoms with van der Waals surface area (Å²) in [6.07, 6.45) is 6.96. The van der Waals surface area contributed by atoms with Crippen molar-refractivity contribution in [3.05, 3.63) is 0 Å². The topological polar surface area (TPSA) is 12.0 Å². The summed E-state index contributed by atoms with van der Waals surface area (Å²) < 4.78 is 1.32. The van der Waals surface area contributed by atoms with E-state index in [2.05, 4.69) is 34.8 Å². The van der Waals surface area contributed by atoms with E-state index in [4.69, 9.17) is 0 Å². The van der Waals surface area contributed by atoms with Gasteiger partial charge < -0.3 is 5.32 Å². The lowest BCUT2D eigenvalue weighted by Gasteiger charge is -2.13. The number of halogens is 1. The van der Waals surface area contributed by atoms with Crippen LogP contribution in [0.2, 0.25) is 0 Å². The van der Waals surface area contributed by atoms with Crippen LogP contribution in [0.15, 0.2) is 0 Å². The van der Waals surface area contributed by atoms with Crippen molar-refractivity contribution in [1.82, 2.24) is 5.32 Å². The Balaban J connectivity index is 3.26. The largest absolute Gasteiger partial charge is 0.320 e. The Morgan fingerprint density at radius 3 is 2.50 bits per heavy atom. The van der Waals surface area contributed by atoms with Gasteiger partial charge in [0.05, 0.1) is 0 Å². The summed E-state index contributed by atoms with van der Waals surface area (Å²) >= 11 is 2.46. The molecule has 0 aromatic carbocycles. The number of rotatable bonds is 8. The summed E-state index contributed by atoms with van der Waals surface area (Å²) in [5.41, 5.74) is 0. The third kappa shape index (κ3) is 7.35. The van der Waals surface area contributed by atoms with Gasteiger partial charge in [0.15, 0.2) is 0 Å². The van der Waals surface area contributed by atoms with Crippen molar-refractivity contribution in [2.75, 3.05) is 18.0 Å². The molecule has 0 fully saturated rings. The molecule has 0 aromatic rings. The SMILES string of the molecule is CCC(CCCCI)CCNC. The normalized spacial score (nSPS) is 13.2. The molecule has 1 unspecified atom stereocenters. The van der Waals surface area contributed by atoms with E-state index in [0.717, 1.165) is 5.92 Å². The number of nitrogens with one attached hydrogen (secondary N) is 1. The van der Waals surface area contributed by atoms with E-state index < -0.39 is 0 Å². The maximum absolute atomic E-state index is 3.22. The molecular formula is C10H22IN. The second-order valence-corrected chi connectivity index (χ2v) is 4.43. The van der Waals surface area contributed by atoms with Crippen LogP contribution in [0.25, 0.3) is 0 Å². The fourth-order valence-electron chi connectivity index (χ4n) is 1.43. The molecule has 0 aromatic heterocycles.